The van der Waals surface area contributed by atoms with Gasteiger partial charge in [0, 0.05) is 31.6 Å². The molecule has 96 valence electrons. The van der Waals surface area contributed by atoms with Gasteiger partial charge in [-0.25, -0.2) is 0 Å². The monoisotopic (exact) mass is 236 g/mol. The molecule has 1 saturated heterocycles. The van der Waals surface area contributed by atoms with Crippen LogP contribution in [0.15, 0.2) is 0 Å². The molecule has 2 saturated carbocycles. The molecule has 3 aliphatic rings. The van der Waals surface area contributed by atoms with Gasteiger partial charge in [0.25, 0.3) is 0 Å². The number of carbonyl (C=O) groups is 1. The molecule has 3 rings (SSSR count). The van der Waals surface area contributed by atoms with E-state index in [1.165, 1.54) is 25.8 Å². The molecule has 1 unspecified atom stereocenters. The molecule has 1 aliphatic heterocycles. The number of hydrogen-bond donors (Lipinski definition) is 0. The zero-order valence-corrected chi connectivity index (χ0v) is 10.9. The standard InChI is InChI=1S/C14H24N2O/c1-2-7-15-8-9-16(14(17)12-5-6-12)13(10-15)11-3-4-11/h11-13H,2-10H2,1H3. The molecule has 0 bridgehead atoms. The average Bonchev–Trinajstić information content (AvgIpc) is 3.19. The van der Waals surface area contributed by atoms with Gasteiger partial charge in [-0.15, -0.1) is 0 Å². The molecule has 3 heteroatoms. The number of nitrogens with zero attached hydrogens (tertiary/aromatic N) is 2. The van der Waals surface area contributed by atoms with Crippen LogP contribution in [0.3, 0.4) is 0 Å². The van der Waals surface area contributed by atoms with Crippen LogP contribution in [0.1, 0.15) is 39.0 Å². The minimum Gasteiger partial charge on any atom is -0.337 e. The fourth-order valence-corrected chi connectivity index (χ4v) is 3.11. The van der Waals surface area contributed by atoms with Crippen molar-refractivity contribution in [2.75, 3.05) is 26.2 Å². The lowest BCUT2D eigenvalue weighted by atomic mass is 10.1. The van der Waals surface area contributed by atoms with Crippen LogP contribution in [0.25, 0.3) is 0 Å². The van der Waals surface area contributed by atoms with Crippen LogP contribution in [0.5, 0.6) is 0 Å². The molecule has 3 nitrogen and oxygen atoms in total. The molecule has 0 aromatic heterocycles. The average molecular weight is 236 g/mol. The predicted molar refractivity (Wildman–Crippen MR) is 67.7 cm³/mol. The van der Waals surface area contributed by atoms with E-state index in [2.05, 4.69) is 16.7 Å². The maximum Gasteiger partial charge on any atom is 0.226 e. The first-order valence-corrected chi connectivity index (χ1v) is 7.32. The first-order chi connectivity index (χ1) is 8.29. The van der Waals surface area contributed by atoms with Gasteiger partial charge >= 0.3 is 0 Å². The molecule has 0 aromatic carbocycles. The maximum absolute atomic E-state index is 12.3. The molecule has 2 aliphatic carbocycles. The summed E-state index contributed by atoms with van der Waals surface area (Å²) < 4.78 is 0. The van der Waals surface area contributed by atoms with Crippen molar-refractivity contribution in [3.8, 4) is 0 Å². The van der Waals surface area contributed by atoms with Crippen LogP contribution in [0.4, 0.5) is 0 Å². The minimum absolute atomic E-state index is 0.397. The number of piperazine rings is 1. The fourth-order valence-electron chi connectivity index (χ4n) is 3.11. The Bertz CT molecular complexity index is 297. The number of carbonyl (C=O) groups excluding carboxylic acids is 1. The summed E-state index contributed by atoms with van der Waals surface area (Å²) in [6, 6.07) is 0.545. The third-order valence-electron chi connectivity index (χ3n) is 4.42. The Kier molecular flexibility index (Phi) is 3.12. The molecule has 0 radical (unpaired) electrons. The quantitative estimate of drug-likeness (QED) is 0.742. The van der Waals surface area contributed by atoms with Crippen LogP contribution < -0.4 is 0 Å². The summed E-state index contributed by atoms with van der Waals surface area (Å²) in [5.41, 5.74) is 0. The molecule has 1 atom stereocenters. The van der Waals surface area contributed by atoms with Gasteiger partial charge in [0.1, 0.15) is 0 Å². The summed E-state index contributed by atoms with van der Waals surface area (Å²) in [4.78, 5) is 17.1. The maximum atomic E-state index is 12.3. The normalized spacial score (nSPS) is 30.6. The van der Waals surface area contributed by atoms with Crippen molar-refractivity contribution in [2.45, 2.75) is 45.1 Å². The van der Waals surface area contributed by atoms with Gasteiger partial charge in [-0.1, -0.05) is 6.92 Å². The lowest BCUT2D eigenvalue weighted by Crippen LogP contribution is -2.56. The molecular formula is C14H24N2O. The zero-order chi connectivity index (χ0) is 11.8. The van der Waals surface area contributed by atoms with E-state index in [1.54, 1.807) is 0 Å². The number of hydrogen-bond acceptors (Lipinski definition) is 2. The number of rotatable bonds is 4. The molecule has 3 fully saturated rings. The third-order valence-corrected chi connectivity index (χ3v) is 4.42. The predicted octanol–water partition coefficient (Wildman–Crippen LogP) is 1.73. The molecule has 1 amide bonds. The Hall–Kier alpha value is -0.570. The van der Waals surface area contributed by atoms with E-state index in [0.717, 1.165) is 38.4 Å². The first-order valence-electron chi connectivity index (χ1n) is 7.32. The van der Waals surface area contributed by atoms with Gasteiger partial charge < -0.3 is 4.90 Å². The largest absolute Gasteiger partial charge is 0.337 e. The molecule has 0 aromatic rings. The van der Waals surface area contributed by atoms with Gasteiger partial charge in [0.05, 0.1) is 0 Å². The van der Waals surface area contributed by atoms with E-state index in [-0.39, 0.29) is 0 Å². The third kappa shape index (κ3) is 2.49. The summed E-state index contributed by atoms with van der Waals surface area (Å²) in [6.07, 6.45) is 6.21. The molecule has 0 spiro atoms. The van der Waals surface area contributed by atoms with Gasteiger partial charge in [-0.05, 0) is 44.6 Å². The lowest BCUT2D eigenvalue weighted by Gasteiger charge is -2.42. The van der Waals surface area contributed by atoms with Crippen LogP contribution in [0.2, 0.25) is 0 Å². The Balaban J connectivity index is 1.64. The van der Waals surface area contributed by atoms with Crippen molar-refractivity contribution in [3.63, 3.8) is 0 Å². The van der Waals surface area contributed by atoms with Crippen LogP contribution >= 0.6 is 0 Å². The molecule has 1 heterocycles. The van der Waals surface area contributed by atoms with Gasteiger partial charge in [-0.2, -0.15) is 0 Å². The molecular weight excluding hydrogens is 212 g/mol. The van der Waals surface area contributed by atoms with Gasteiger partial charge in [0.15, 0.2) is 0 Å². The molecule has 17 heavy (non-hydrogen) atoms. The second-order valence-corrected chi connectivity index (χ2v) is 6.01. The van der Waals surface area contributed by atoms with E-state index in [1.807, 2.05) is 0 Å². The van der Waals surface area contributed by atoms with Gasteiger partial charge in [-0.3, -0.25) is 9.69 Å². The highest BCUT2D eigenvalue weighted by molar-refractivity contribution is 5.81. The number of amides is 1. The fraction of sp³-hybridized carbons (Fsp3) is 0.929. The topological polar surface area (TPSA) is 23.6 Å². The van der Waals surface area contributed by atoms with Crippen LogP contribution in [-0.4, -0.2) is 47.9 Å². The summed E-state index contributed by atoms with van der Waals surface area (Å²) in [5.74, 6) is 1.68. The minimum atomic E-state index is 0.397. The van der Waals surface area contributed by atoms with E-state index < -0.39 is 0 Å². The second kappa shape index (κ2) is 4.60. The van der Waals surface area contributed by atoms with E-state index in [0.29, 0.717) is 17.9 Å². The first kappa shape index (κ1) is 11.5. The van der Waals surface area contributed by atoms with Crippen LogP contribution in [0, 0.1) is 11.8 Å². The van der Waals surface area contributed by atoms with Crippen molar-refractivity contribution in [2.24, 2.45) is 11.8 Å². The summed E-state index contributed by atoms with van der Waals surface area (Å²) in [7, 11) is 0. The summed E-state index contributed by atoms with van der Waals surface area (Å²) in [6.45, 7) is 6.66. The van der Waals surface area contributed by atoms with E-state index in [9.17, 15) is 4.79 Å². The van der Waals surface area contributed by atoms with E-state index in [4.69, 9.17) is 0 Å². The summed E-state index contributed by atoms with van der Waals surface area (Å²) in [5, 5.41) is 0. The van der Waals surface area contributed by atoms with Crippen molar-refractivity contribution in [1.82, 2.24) is 9.80 Å². The summed E-state index contributed by atoms with van der Waals surface area (Å²) >= 11 is 0. The Labute approximate surface area is 104 Å². The highest BCUT2D eigenvalue weighted by atomic mass is 16.2. The molecule has 0 N–H and O–H groups in total. The Morgan fingerprint density at radius 3 is 2.53 bits per heavy atom. The lowest BCUT2D eigenvalue weighted by molar-refractivity contribution is -0.138. The van der Waals surface area contributed by atoms with Crippen molar-refractivity contribution >= 4 is 5.91 Å². The van der Waals surface area contributed by atoms with Crippen molar-refractivity contribution in [1.29, 1.82) is 0 Å². The zero-order valence-electron chi connectivity index (χ0n) is 10.9. The smallest absolute Gasteiger partial charge is 0.226 e. The SMILES string of the molecule is CCCN1CCN(C(=O)C2CC2)C(C2CC2)C1. The van der Waals surface area contributed by atoms with Crippen LogP contribution in [-0.2, 0) is 4.79 Å². The van der Waals surface area contributed by atoms with Crippen molar-refractivity contribution < 1.29 is 4.79 Å². The van der Waals surface area contributed by atoms with Crippen molar-refractivity contribution in [3.05, 3.63) is 0 Å². The van der Waals surface area contributed by atoms with E-state index >= 15 is 0 Å². The highest BCUT2D eigenvalue weighted by Gasteiger charge is 2.44. The Morgan fingerprint density at radius 2 is 1.94 bits per heavy atom. The Morgan fingerprint density at radius 1 is 1.18 bits per heavy atom. The highest BCUT2D eigenvalue weighted by Crippen LogP contribution is 2.39. The second-order valence-electron chi connectivity index (χ2n) is 6.01. The van der Waals surface area contributed by atoms with Gasteiger partial charge in [0.2, 0.25) is 5.91 Å².